The Hall–Kier alpha value is -3.38. The van der Waals surface area contributed by atoms with Crippen LogP contribution in [-0.4, -0.2) is 49.4 Å². The summed E-state index contributed by atoms with van der Waals surface area (Å²) >= 11 is 0. The van der Waals surface area contributed by atoms with Crippen LogP contribution < -0.4 is 10.2 Å². The van der Waals surface area contributed by atoms with Gasteiger partial charge < -0.3 is 14.7 Å². The molecule has 0 saturated carbocycles. The minimum Gasteiger partial charge on any atom is -0.507 e. The number of benzene rings is 3. The van der Waals surface area contributed by atoms with Crippen molar-refractivity contribution >= 4 is 22.9 Å². The minimum absolute atomic E-state index is 0.0767. The van der Waals surface area contributed by atoms with Gasteiger partial charge in [-0.2, -0.15) is 5.10 Å². The molecule has 0 aliphatic carbocycles. The number of phenolic OH excluding ortho intramolecular Hbond substituents is 1. The second-order valence-corrected chi connectivity index (χ2v) is 6.99. The van der Waals surface area contributed by atoms with Crippen molar-refractivity contribution in [3.63, 3.8) is 0 Å². The molecule has 3 aromatic carbocycles. The predicted octanol–water partition coefficient (Wildman–Crippen LogP) is 3.64. The fourth-order valence-corrected chi connectivity index (χ4v) is 2.86. The Morgan fingerprint density at radius 1 is 1.10 bits per heavy atom. The summed E-state index contributed by atoms with van der Waals surface area (Å²) in [5, 5.41) is 15.8. The fourth-order valence-electron chi connectivity index (χ4n) is 2.86. The number of hydrazone groups is 1. The molecule has 6 nitrogen and oxygen atoms in total. The SMILES string of the molecule is CN(C)CCCOc1ccc(C=NNC(=O)c2cc3ccccc3cc2O)cc1. The molecule has 0 saturated heterocycles. The molecule has 0 aliphatic heterocycles. The van der Waals surface area contributed by atoms with Gasteiger partial charge in [0.2, 0.25) is 0 Å². The van der Waals surface area contributed by atoms with Crippen molar-refractivity contribution in [3.05, 3.63) is 71.8 Å². The van der Waals surface area contributed by atoms with Crippen LogP contribution in [0.1, 0.15) is 22.3 Å². The number of fused-ring (bicyclic) bond motifs is 1. The second kappa shape index (κ2) is 9.71. The number of carbonyl (C=O) groups excluding carboxylic acids is 1. The maximum absolute atomic E-state index is 12.3. The topological polar surface area (TPSA) is 74.2 Å². The summed E-state index contributed by atoms with van der Waals surface area (Å²) in [7, 11) is 4.07. The molecule has 29 heavy (non-hydrogen) atoms. The Bertz CT molecular complexity index is 998. The lowest BCUT2D eigenvalue weighted by molar-refractivity contribution is 0.0952. The third kappa shape index (κ3) is 5.80. The van der Waals surface area contributed by atoms with Crippen molar-refractivity contribution < 1.29 is 14.6 Å². The lowest BCUT2D eigenvalue weighted by Gasteiger charge is -2.10. The number of ether oxygens (including phenoxy) is 1. The highest BCUT2D eigenvalue weighted by molar-refractivity contribution is 6.01. The van der Waals surface area contributed by atoms with Crippen LogP contribution in [0.25, 0.3) is 10.8 Å². The highest BCUT2D eigenvalue weighted by atomic mass is 16.5. The largest absolute Gasteiger partial charge is 0.507 e. The fraction of sp³-hybridized carbons (Fsp3) is 0.217. The van der Waals surface area contributed by atoms with Crippen molar-refractivity contribution in [2.75, 3.05) is 27.2 Å². The molecule has 0 aromatic heterocycles. The van der Waals surface area contributed by atoms with Crippen LogP contribution in [0.2, 0.25) is 0 Å². The maximum Gasteiger partial charge on any atom is 0.275 e. The van der Waals surface area contributed by atoms with Crippen LogP contribution in [0.5, 0.6) is 11.5 Å². The Labute approximate surface area is 170 Å². The molecule has 0 radical (unpaired) electrons. The van der Waals surface area contributed by atoms with E-state index in [0.29, 0.717) is 6.61 Å². The number of phenols is 1. The molecule has 1 amide bonds. The molecule has 0 spiro atoms. The summed E-state index contributed by atoms with van der Waals surface area (Å²) in [4.78, 5) is 14.5. The summed E-state index contributed by atoms with van der Waals surface area (Å²) in [5.41, 5.74) is 3.46. The van der Waals surface area contributed by atoms with Gasteiger partial charge in [0.25, 0.3) is 5.91 Å². The summed E-state index contributed by atoms with van der Waals surface area (Å²) in [6.45, 7) is 1.65. The van der Waals surface area contributed by atoms with Crippen molar-refractivity contribution in [3.8, 4) is 11.5 Å². The van der Waals surface area contributed by atoms with Gasteiger partial charge in [-0.25, -0.2) is 5.43 Å². The van der Waals surface area contributed by atoms with Crippen molar-refractivity contribution in [1.82, 2.24) is 10.3 Å². The molecule has 3 aromatic rings. The summed E-state index contributed by atoms with van der Waals surface area (Å²) < 4.78 is 5.69. The second-order valence-electron chi connectivity index (χ2n) is 6.99. The molecular weight excluding hydrogens is 366 g/mol. The number of nitrogens with one attached hydrogen (secondary N) is 1. The molecule has 150 valence electrons. The molecule has 3 rings (SSSR count). The van der Waals surface area contributed by atoms with Gasteiger partial charge in [-0.05, 0) is 73.3 Å². The zero-order valence-electron chi connectivity index (χ0n) is 16.6. The van der Waals surface area contributed by atoms with E-state index in [1.807, 2.05) is 62.6 Å². The van der Waals surface area contributed by atoms with Crippen molar-refractivity contribution in [1.29, 1.82) is 0 Å². The third-order valence-corrected chi connectivity index (χ3v) is 4.39. The Kier molecular flexibility index (Phi) is 6.81. The monoisotopic (exact) mass is 391 g/mol. The first kappa shape index (κ1) is 20.4. The van der Waals surface area contributed by atoms with Gasteiger partial charge >= 0.3 is 0 Å². The summed E-state index contributed by atoms with van der Waals surface area (Å²) in [5.74, 6) is 0.253. The molecular formula is C23H25N3O3. The van der Waals surface area contributed by atoms with Gasteiger partial charge in [-0.1, -0.05) is 24.3 Å². The Morgan fingerprint density at radius 3 is 2.48 bits per heavy atom. The lowest BCUT2D eigenvalue weighted by Crippen LogP contribution is -2.17. The molecule has 6 heteroatoms. The van der Waals surface area contributed by atoms with E-state index >= 15 is 0 Å². The quantitative estimate of drug-likeness (QED) is 0.349. The van der Waals surface area contributed by atoms with Crippen LogP contribution in [0.4, 0.5) is 0 Å². The molecule has 0 heterocycles. The number of amides is 1. The molecule has 0 fully saturated rings. The highest BCUT2D eigenvalue weighted by Crippen LogP contribution is 2.24. The first-order valence-corrected chi connectivity index (χ1v) is 9.46. The zero-order chi connectivity index (χ0) is 20.6. The van der Waals surface area contributed by atoms with Gasteiger partial charge in [0, 0.05) is 6.54 Å². The lowest BCUT2D eigenvalue weighted by atomic mass is 10.1. The van der Waals surface area contributed by atoms with E-state index in [9.17, 15) is 9.90 Å². The Morgan fingerprint density at radius 2 is 1.79 bits per heavy atom. The highest BCUT2D eigenvalue weighted by Gasteiger charge is 2.11. The van der Waals surface area contributed by atoms with Gasteiger partial charge in [0.15, 0.2) is 0 Å². The number of hydrogen-bond acceptors (Lipinski definition) is 5. The standard InChI is InChI=1S/C23H25N3O3/c1-26(2)12-5-13-29-20-10-8-17(9-11-20)16-24-25-23(28)21-14-18-6-3-4-7-19(18)15-22(21)27/h3-4,6-11,14-16,27H,5,12-13H2,1-2H3,(H,25,28). The van der Waals surface area contributed by atoms with Crippen molar-refractivity contribution in [2.45, 2.75) is 6.42 Å². The van der Waals surface area contributed by atoms with Gasteiger partial charge in [0.05, 0.1) is 18.4 Å². The Balaban J connectivity index is 1.55. The van der Waals surface area contributed by atoms with E-state index in [0.717, 1.165) is 35.1 Å². The van der Waals surface area contributed by atoms with E-state index in [2.05, 4.69) is 15.4 Å². The first-order chi connectivity index (χ1) is 14.0. The minimum atomic E-state index is -0.467. The summed E-state index contributed by atoms with van der Waals surface area (Å²) in [6.07, 6.45) is 2.51. The molecule has 0 bridgehead atoms. The number of nitrogens with zero attached hydrogens (tertiary/aromatic N) is 2. The van der Waals surface area contributed by atoms with E-state index in [-0.39, 0.29) is 11.3 Å². The smallest absolute Gasteiger partial charge is 0.275 e. The maximum atomic E-state index is 12.3. The number of rotatable bonds is 8. The zero-order valence-corrected chi connectivity index (χ0v) is 16.6. The summed E-state index contributed by atoms with van der Waals surface area (Å²) in [6, 6.07) is 18.2. The number of carbonyl (C=O) groups is 1. The van der Waals surface area contributed by atoms with E-state index in [4.69, 9.17) is 4.74 Å². The molecule has 0 aliphatic rings. The number of aromatic hydroxyl groups is 1. The third-order valence-electron chi connectivity index (χ3n) is 4.39. The average Bonchev–Trinajstić information content (AvgIpc) is 2.71. The van der Waals surface area contributed by atoms with E-state index < -0.39 is 5.91 Å². The predicted molar refractivity (Wildman–Crippen MR) is 116 cm³/mol. The number of hydrogen-bond donors (Lipinski definition) is 2. The van der Waals surface area contributed by atoms with Crippen LogP contribution in [0.15, 0.2) is 65.8 Å². The molecule has 0 atom stereocenters. The van der Waals surface area contributed by atoms with E-state index in [1.165, 1.54) is 0 Å². The van der Waals surface area contributed by atoms with Gasteiger partial charge in [0.1, 0.15) is 11.5 Å². The normalized spacial score (nSPS) is 11.3. The van der Waals surface area contributed by atoms with Gasteiger partial charge in [-0.3, -0.25) is 4.79 Å². The molecule has 2 N–H and O–H groups in total. The van der Waals surface area contributed by atoms with Crippen LogP contribution in [0, 0.1) is 0 Å². The van der Waals surface area contributed by atoms with E-state index in [1.54, 1.807) is 18.3 Å². The van der Waals surface area contributed by atoms with Crippen LogP contribution >= 0.6 is 0 Å². The molecule has 0 unspecified atom stereocenters. The van der Waals surface area contributed by atoms with Crippen LogP contribution in [-0.2, 0) is 0 Å². The first-order valence-electron chi connectivity index (χ1n) is 9.46. The average molecular weight is 391 g/mol. The van der Waals surface area contributed by atoms with Crippen LogP contribution in [0.3, 0.4) is 0 Å². The van der Waals surface area contributed by atoms with Gasteiger partial charge in [-0.15, -0.1) is 0 Å². The van der Waals surface area contributed by atoms with Crippen molar-refractivity contribution in [2.24, 2.45) is 5.10 Å².